The number of benzene rings is 2. The molecule has 0 aliphatic carbocycles. The molecule has 0 spiro atoms. The van der Waals surface area contributed by atoms with E-state index in [1.54, 1.807) is 24.3 Å². The Kier molecular flexibility index (Phi) is 6.45. The van der Waals surface area contributed by atoms with Gasteiger partial charge in [0, 0.05) is 6.42 Å². The maximum absolute atomic E-state index is 13.7. The molecule has 25 heavy (non-hydrogen) atoms. The van der Waals surface area contributed by atoms with Gasteiger partial charge in [-0.3, -0.25) is 0 Å². The van der Waals surface area contributed by atoms with E-state index in [4.69, 9.17) is 4.74 Å². The zero-order chi connectivity index (χ0) is 18.2. The predicted octanol–water partition coefficient (Wildman–Crippen LogP) is 2.98. The minimum Gasteiger partial charge on any atom is -0.467 e. The van der Waals surface area contributed by atoms with Gasteiger partial charge >= 0.3 is 12.1 Å². The van der Waals surface area contributed by atoms with Crippen molar-refractivity contribution in [2.45, 2.75) is 19.1 Å². The van der Waals surface area contributed by atoms with Gasteiger partial charge in [0.25, 0.3) is 0 Å². The van der Waals surface area contributed by atoms with Crippen molar-refractivity contribution in [3.63, 3.8) is 0 Å². The average molecular weight is 349 g/mol. The second-order valence-electron chi connectivity index (χ2n) is 5.22. The monoisotopic (exact) mass is 349 g/mol. The number of hydrogen-bond donors (Lipinski definition) is 1. The Balaban J connectivity index is 2.01. The van der Waals surface area contributed by atoms with Crippen LogP contribution in [-0.4, -0.2) is 25.2 Å². The van der Waals surface area contributed by atoms with E-state index in [9.17, 15) is 18.4 Å². The lowest BCUT2D eigenvalue weighted by molar-refractivity contribution is -0.143. The number of esters is 1. The predicted molar refractivity (Wildman–Crippen MR) is 85.6 cm³/mol. The summed E-state index contributed by atoms with van der Waals surface area (Å²) in [5, 5.41) is 2.31. The molecule has 2 aromatic carbocycles. The molecule has 0 fully saturated rings. The molecule has 0 heterocycles. The number of ether oxygens (including phenoxy) is 2. The largest absolute Gasteiger partial charge is 0.467 e. The highest BCUT2D eigenvalue weighted by molar-refractivity contribution is 5.81. The summed E-state index contributed by atoms with van der Waals surface area (Å²) in [5.41, 5.74) is 0.710. The minimum atomic E-state index is -1.20. The standard InChI is InChI=1S/C18H17F2NO4/c1-24-17(22)16(10-13-9-14(19)7-8-15(13)20)21-18(23)25-11-12-5-3-2-4-6-12/h2-9,16H,10-11H2,1H3,(H,21,23)/t16-/m1/s1. The Morgan fingerprint density at radius 3 is 2.52 bits per heavy atom. The Morgan fingerprint density at radius 2 is 1.84 bits per heavy atom. The third-order valence-corrected chi connectivity index (χ3v) is 3.42. The molecule has 5 nitrogen and oxygen atoms in total. The van der Waals surface area contributed by atoms with Crippen molar-refractivity contribution in [2.24, 2.45) is 0 Å². The van der Waals surface area contributed by atoms with Gasteiger partial charge in [0.2, 0.25) is 0 Å². The highest BCUT2D eigenvalue weighted by Gasteiger charge is 2.24. The van der Waals surface area contributed by atoms with Gasteiger partial charge in [-0.2, -0.15) is 0 Å². The zero-order valence-corrected chi connectivity index (χ0v) is 13.5. The van der Waals surface area contributed by atoms with Crippen molar-refractivity contribution in [3.05, 3.63) is 71.3 Å². The van der Waals surface area contributed by atoms with Crippen LogP contribution in [0.25, 0.3) is 0 Å². The molecular weight excluding hydrogens is 332 g/mol. The number of nitrogens with one attached hydrogen (secondary N) is 1. The Morgan fingerprint density at radius 1 is 1.12 bits per heavy atom. The number of alkyl carbamates (subject to hydrolysis) is 1. The van der Waals surface area contributed by atoms with Crippen molar-refractivity contribution < 1.29 is 27.8 Å². The minimum absolute atomic E-state index is 0.00882. The molecule has 0 aromatic heterocycles. The third kappa shape index (κ3) is 5.56. The maximum atomic E-state index is 13.7. The number of amides is 1. The fourth-order valence-electron chi connectivity index (χ4n) is 2.16. The molecule has 2 rings (SSSR count). The highest BCUT2D eigenvalue weighted by Crippen LogP contribution is 2.13. The molecule has 0 saturated heterocycles. The molecule has 2 aromatic rings. The fraction of sp³-hybridized carbons (Fsp3) is 0.222. The SMILES string of the molecule is COC(=O)[C@@H](Cc1cc(F)ccc1F)NC(=O)OCc1ccccc1. The van der Waals surface area contributed by atoms with Gasteiger partial charge < -0.3 is 14.8 Å². The molecule has 0 saturated carbocycles. The Bertz CT molecular complexity index is 737. The molecule has 1 atom stereocenters. The molecule has 0 radical (unpaired) electrons. The molecule has 7 heteroatoms. The molecule has 0 unspecified atom stereocenters. The number of carbonyl (C=O) groups excluding carboxylic acids is 2. The van der Waals surface area contributed by atoms with Crippen LogP contribution >= 0.6 is 0 Å². The number of rotatable bonds is 6. The van der Waals surface area contributed by atoms with Gasteiger partial charge in [-0.05, 0) is 29.3 Å². The van der Waals surface area contributed by atoms with E-state index in [-0.39, 0.29) is 18.6 Å². The van der Waals surface area contributed by atoms with Crippen molar-refractivity contribution in [1.82, 2.24) is 5.32 Å². The van der Waals surface area contributed by atoms with E-state index >= 15 is 0 Å². The molecule has 0 aliphatic heterocycles. The van der Waals surface area contributed by atoms with Crippen LogP contribution in [0, 0.1) is 11.6 Å². The molecule has 1 amide bonds. The van der Waals surface area contributed by atoms with E-state index in [0.29, 0.717) is 0 Å². The maximum Gasteiger partial charge on any atom is 0.408 e. The Labute approximate surface area is 143 Å². The zero-order valence-electron chi connectivity index (χ0n) is 13.5. The molecule has 0 bridgehead atoms. The second kappa shape index (κ2) is 8.77. The van der Waals surface area contributed by atoms with Crippen molar-refractivity contribution >= 4 is 12.1 Å². The number of halogens is 2. The molecule has 0 aliphatic rings. The van der Waals surface area contributed by atoms with Crippen molar-refractivity contribution in [1.29, 1.82) is 0 Å². The lowest BCUT2D eigenvalue weighted by atomic mass is 10.1. The van der Waals surface area contributed by atoms with E-state index < -0.39 is 29.7 Å². The molecule has 132 valence electrons. The average Bonchev–Trinajstić information content (AvgIpc) is 2.62. The topological polar surface area (TPSA) is 64.6 Å². The molecule has 1 N–H and O–H groups in total. The smallest absolute Gasteiger partial charge is 0.408 e. The van der Waals surface area contributed by atoms with E-state index in [1.807, 2.05) is 6.07 Å². The first-order chi connectivity index (χ1) is 12.0. The first-order valence-corrected chi connectivity index (χ1v) is 7.48. The van der Waals surface area contributed by atoms with Crippen molar-refractivity contribution in [2.75, 3.05) is 7.11 Å². The van der Waals surface area contributed by atoms with Gasteiger partial charge in [-0.1, -0.05) is 30.3 Å². The quantitative estimate of drug-likeness (QED) is 0.815. The van der Waals surface area contributed by atoms with Gasteiger partial charge in [0.1, 0.15) is 24.3 Å². The Hall–Kier alpha value is -2.96. The van der Waals surface area contributed by atoms with Gasteiger partial charge in [0.05, 0.1) is 7.11 Å². The van der Waals surface area contributed by atoms with Crippen LogP contribution in [0.4, 0.5) is 13.6 Å². The summed E-state index contributed by atoms with van der Waals surface area (Å²) in [6.07, 6.45) is -1.13. The van der Waals surface area contributed by atoms with Crippen LogP contribution in [0.2, 0.25) is 0 Å². The highest BCUT2D eigenvalue weighted by atomic mass is 19.1. The van der Waals surface area contributed by atoms with Gasteiger partial charge in [0.15, 0.2) is 0 Å². The van der Waals surface area contributed by atoms with Crippen LogP contribution in [0.1, 0.15) is 11.1 Å². The van der Waals surface area contributed by atoms with E-state index in [2.05, 4.69) is 10.1 Å². The summed E-state index contributed by atoms with van der Waals surface area (Å²) in [4.78, 5) is 23.7. The normalized spacial score (nSPS) is 11.5. The van der Waals surface area contributed by atoms with Gasteiger partial charge in [-0.15, -0.1) is 0 Å². The van der Waals surface area contributed by atoms with Gasteiger partial charge in [-0.25, -0.2) is 18.4 Å². The van der Waals surface area contributed by atoms with Crippen LogP contribution in [0.3, 0.4) is 0 Å². The van der Waals surface area contributed by atoms with E-state index in [1.165, 1.54) is 0 Å². The van der Waals surface area contributed by atoms with Crippen LogP contribution in [0.15, 0.2) is 48.5 Å². The fourth-order valence-corrected chi connectivity index (χ4v) is 2.16. The summed E-state index contributed by atoms with van der Waals surface area (Å²) >= 11 is 0. The number of methoxy groups -OCH3 is 1. The summed E-state index contributed by atoms with van der Waals surface area (Å²) < 4.78 is 36.6. The van der Waals surface area contributed by atoms with Crippen molar-refractivity contribution in [3.8, 4) is 0 Å². The van der Waals surface area contributed by atoms with Crippen LogP contribution < -0.4 is 5.32 Å². The summed E-state index contributed by atoms with van der Waals surface area (Å²) in [6.45, 7) is 0.00882. The summed E-state index contributed by atoms with van der Waals surface area (Å²) in [7, 11) is 1.13. The van der Waals surface area contributed by atoms with Crippen LogP contribution in [0.5, 0.6) is 0 Å². The summed E-state index contributed by atoms with van der Waals surface area (Å²) in [5.74, 6) is -2.12. The first kappa shape index (κ1) is 18.4. The molecular formula is C18H17F2NO4. The number of carbonyl (C=O) groups is 2. The van der Waals surface area contributed by atoms with Crippen LogP contribution in [-0.2, 0) is 27.3 Å². The third-order valence-electron chi connectivity index (χ3n) is 3.42. The first-order valence-electron chi connectivity index (χ1n) is 7.48. The van der Waals surface area contributed by atoms with E-state index in [0.717, 1.165) is 30.9 Å². The lowest BCUT2D eigenvalue weighted by Crippen LogP contribution is -2.43. The lowest BCUT2D eigenvalue weighted by Gasteiger charge is -2.17. The number of hydrogen-bond acceptors (Lipinski definition) is 4. The second-order valence-corrected chi connectivity index (χ2v) is 5.22. The summed E-state index contributed by atoms with van der Waals surface area (Å²) in [6, 6.07) is 10.6.